The molecule has 0 radical (unpaired) electrons. The minimum Gasteiger partial charge on any atom is -0.424 e. The molecule has 0 saturated heterocycles. The fourth-order valence-corrected chi connectivity index (χ4v) is 2.15. The molecule has 1 atom stereocenters. The van der Waals surface area contributed by atoms with Crippen LogP contribution in [-0.2, 0) is 11.2 Å². The third kappa shape index (κ3) is 1.60. The molecular weight excluding hydrogens is 243 g/mol. The molecule has 1 aliphatic rings. The lowest BCUT2D eigenvalue weighted by molar-refractivity contribution is -0.135. The van der Waals surface area contributed by atoms with Crippen LogP contribution in [0.3, 0.4) is 0 Å². The molecular formula is C9H6Cl2O2S. The number of carbonyl (C=O) groups excluding carboxylic acids is 1. The first-order valence-electron chi connectivity index (χ1n) is 3.94. The van der Waals surface area contributed by atoms with Crippen LogP contribution in [0.25, 0.3) is 0 Å². The van der Waals surface area contributed by atoms with Crippen LogP contribution in [0.4, 0.5) is 0 Å². The van der Waals surface area contributed by atoms with Gasteiger partial charge in [0.05, 0.1) is 0 Å². The van der Waals surface area contributed by atoms with Gasteiger partial charge in [-0.2, -0.15) is 0 Å². The van der Waals surface area contributed by atoms with Crippen LogP contribution < -0.4 is 4.74 Å². The number of rotatable bonds is 1. The maximum Gasteiger partial charge on any atom is 0.344 e. The summed E-state index contributed by atoms with van der Waals surface area (Å²) in [5, 5.41) is 0. The molecule has 1 aromatic rings. The first-order valence-corrected chi connectivity index (χ1v) is 5.96. The van der Waals surface area contributed by atoms with E-state index in [4.69, 9.17) is 27.0 Å². The van der Waals surface area contributed by atoms with Crippen molar-refractivity contribution in [3.8, 4) is 5.75 Å². The third-order valence-electron chi connectivity index (χ3n) is 2.02. The van der Waals surface area contributed by atoms with Gasteiger partial charge >= 0.3 is 5.97 Å². The van der Waals surface area contributed by atoms with Crippen LogP contribution in [0.2, 0.25) is 0 Å². The summed E-state index contributed by atoms with van der Waals surface area (Å²) in [7, 11) is 6.35. The van der Waals surface area contributed by atoms with E-state index in [0.29, 0.717) is 12.2 Å². The number of esters is 1. The SMILES string of the molecule is O=C1Oc2ccccc2CC1(Cl)SCl. The van der Waals surface area contributed by atoms with Gasteiger partial charge in [-0.05, 0) is 33.3 Å². The van der Waals surface area contributed by atoms with Crippen molar-refractivity contribution in [2.24, 2.45) is 0 Å². The molecule has 0 amide bonds. The highest BCUT2D eigenvalue weighted by molar-refractivity contribution is 8.23. The van der Waals surface area contributed by atoms with Gasteiger partial charge in [-0.1, -0.05) is 29.8 Å². The molecule has 0 saturated carbocycles. The highest BCUT2D eigenvalue weighted by Crippen LogP contribution is 2.43. The minimum absolute atomic E-state index is 0.387. The quantitative estimate of drug-likeness (QED) is 0.435. The van der Waals surface area contributed by atoms with Crippen LogP contribution in [0.5, 0.6) is 5.75 Å². The van der Waals surface area contributed by atoms with Gasteiger partial charge < -0.3 is 4.74 Å². The summed E-state index contributed by atoms with van der Waals surface area (Å²) in [6.07, 6.45) is 0.387. The molecule has 1 unspecified atom stereocenters. The van der Waals surface area contributed by atoms with E-state index in [1.54, 1.807) is 12.1 Å². The first-order chi connectivity index (χ1) is 6.65. The molecule has 0 aromatic heterocycles. The summed E-state index contributed by atoms with van der Waals surface area (Å²) in [6.45, 7) is 0. The highest BCUT2D eigenvalue weighted by Gasteiger charge is 2.43. The zero-order chi connectivity index (χ0) is 10.2. The Kier molecular flexibility index (Phi) is 2.64. The van der Waals surface area contributed by atoms with Crippen LogP contribution in [0, 0.1) is 0 Å². The molecule has 74 valence electrons. The molecule has 0 bridgehead atoms. The maximum absolute atomic E-state index is 11.5. The first kappa shape index (κ1) is 10.1. The van der Waals surface area contributed by atoms with E-state index < -0.39 is 10.2 Å². The predicted octanol–water partition coefficient (Wildman–Crippen LogP) is 2.97. The van der Waals surface area contributed by atoms with Crippen molar-refractivity contribution in [1.29, 1.82) is 0 Å². The van der Waals surface area contributed by atoms with E-state index in [-0.39, 0.29) is 0 Å². The fourth-order valence-electron chi connectivity index (χ4n) is 1.30. The second kappa shape index (κ2) is 3.65. The number of halogens is 2. The van der Waals surface area contributed by atoms with Gasteiger partial charge in [0.15, 0.2) is 0 Å². The lowest BCUT2D eigenvalue weighted by atomic mass is 10.1. The van der Waals surface area contributed by atoms with Crippen molar-refractivity contribution in [1.82, 2.24) is 0 Å². The Labute approximate surface area is 95.0 Å². The monoisotopic (exact) mass is 248 g/mol. The third-order valence-corrected chi connectivity index (χ3v) is 4.12. The Balaban J connectivity index is 2.41. The van der Waals surface area contributed by atoms with Crippen molar-refractivity contribution in [3.63, 3.8) is 0 Å². The van der Waals surface area contributed by atoms with Crippen molar-refractivity contribution in [2.45, 2.75) is 10.6 Å². The number of carbonyl (C=O) groups is 1. The van der Waals surface area contributed by atoms with Gasteiger partial charge in [0.25, 0.3) is 0 Å². The molecule has 1 aromatic carbocycles. The van der Waals surface area contributed by atoms with Gasteiger partial charge in [0.1, 0.15) is 5.75 Å². The van der Waals surface area contributed by atoms with E-state index in [1.807, 2.05) is 12.1 Å². The number of hydrogen-bond donors (Lipinski definition) is 0. The van der Waals surface area contributed by atoms with Crippen molar-refractivity contribution >= 4 is 39.2 Å². The number of ether oxygens (including phenoxy) is 1. The molecule has 2 nitrogen and oxygen atoms in total. The molecule has 0 N–H and O–H groups in total. The number of benzene rings is 1. The molecule has 0 fully saturated rings. The average molecular weight is 249 g/mol. The molecule has 1 heterocycles. The summed E-state index contributed by atoms with van der Waals surface area (Å²) in [4.78, 5) is 11.5. The standard InChI is InChI=1S/C9H6Cl2O2S/c10-9(14-11)5-6-3-1-2-4-7(6)13-8(9)12/h1-4H,5H2. The van der Waals surface area contributed by atoms with Gasteiger partial charge in [-0.25, -0.2) is 4.79 Å². The summed E-state index contributed by atoms with van der Waals surface area (Å²) < 4.78 is 3.88. The highest BCUT2D eigenvalue weighted by atomic mass is 35.7. The maximum atomic E-state index is 11.5. The normalized spacial score (nSPS) is 25.4. The fraction of sp³-hybridized carbons (Fsp3) is 0.222. The smallest absolute Gasteiger partial charge is 0.344 e. The second-order valence-corrected chi connectivity index (χ2v) is 5.16. The number of hydrogen-bond acceptors (Lipinski definition) is 3. The lowest BCUT2D eigenvalue weighted by Crippen LogP contribution is -2.38. The van der Waals surface area contributed by atoms with Gasteiger partial charge in [-0.15, -0.1) is 0 Å². The van der Waals surface area contributed by atoms with Gasteiger partial charge in [-0.3, -0.25) is 0 Å². The van der Waals surface area contributed by atoms with Gasteiger partial charge in [0.2, 0.25) is 4.21 Å². The Hall–Kier alpha value is -0.380. The molecule has 14 heavy (non-hydrogen) atoms. The molecule has 0 aliphatic carbocycles. The Morgan fingerprint density at radius 3 is 2.86 bits per heavy atom. The van der Waals surface area contributed by atoms with Crippen LogP contribution >= 0.6 is 33.3 Å². The minimum atomic E-state index is -1.18. The topological polar surface area (TPSA) is 26.3 Å². The number of fused-ring (bicyclic) bond motifs is 1. The van der Waals surface area contributed by atoms with Crippen LogP contribution in [-0.4, -0.2) is 10.2 Å². The van der Waals surface area contributed by atoms with E-state index in [0.717, 1.165) is 16.5 Å². The van der Waals surface area contributed by atoms with Crippen molar-refractivity contribution in [3.05, 3.63) is 29.8 Å². The Morgan fingerprint density at radius 2 is 2.14 bits per heavy atom. The molecule has 5 heteroatoms. The average Bonchev–Trinajstić information content (AvgIpc) is 2.20. The van der Waals surface area contributed by atoms with E-state index in [9.17, 15) is 4.79 Å². The number of para-hydroxylation sites is 1. The summed E-state index contributed by atoms with van der Waals surface area (Å²) in [6, 6.07) is 7.28. The van der Waals surface area contributed by atoms with E-state index in [1.165, 1.54) is 0 Å². The second-order valence-electron chi connectivity index (χ2n) is 2.98. The zero-order valence-corrected chi connectivity index (χ0v) is 9.33. The number of alkyl halides is 1. The Morgan fingerprint density at radius 1 is 1.43 bits per heavy atom. The van der Waals surface area contributed by atoms with Crippen LogP contribution in [0.15, 0.2) is 24.3 Å². The summed E-state index contributed by atoms with van der Waals surface area (Å²) in [5.41, 5.74) is 0.898. The summed E-state index contributed by atoms with van der Waals surface area (Å²) in [5.74, 6) is 0.0670. The molecule has 0 spiro atoms. The zero-order valence-electron chi connectivity index (χ0n) is 7.00. The largest absolute Gasteiger partial charge is 0.424 e. The van der Waals surface area contributed by atoms with Crippen molar-refractivity contribution < 1.29 is 9.53 Å². The van der Waals surface area contributed by atoms with E-state index >= 15 is 0 Å². The Bertz CT molecular complexity index is 383. The predicted molar refractivity (Wildman–Crippen MR) is 57.8 cm³/mol. The summed E-state index contributed by atoms with van der Waals surface area (Å²) >= 11 is 5.99. The lowest BCUT2D eigenvalue weighted by Gasteiger charge is -2.27. The van der Waals surface area contributed by atoms with E-state index in [2.05, 4.69) is 0 Å². The molecule has 2 rings (SSSR count). The van der Waals surface area contributed by atoms with Crippen LogP contribution in [0.1, 0.15) is 5.56 Å². The molecule has 1 aliphatic heterocycles. The van der Waals surface area contributed by atoms with Gasteiger partial charge in [0, 0.05) is 6.42 Å². The van der Waals surface area contributed by atoms with Crippen molar-refractivity contribution in [2.75, 3.05) is 0 Å².